The Morgan fingerprint density at radius 3 is 2.59 bits per heavy atom. The van der Waals surface area contributed by atoms with Crippen molar-refractivity contribution in [1.29, 1.82) is 0 Å². The van der Waals surface area contributed by atoms with E-state index >= 15 is 0 Å². The van der Waals surface area contributed by atoms with E-state index in [0.29, 0.717) is 25.2 Å². The van der Waals surface area contributed by atoms with Gasteiger partial charge >= 0.3 is 0 Å². The molecule has 3 heterocycles. The van der Waals surface area contributed by atoms with Gasteiger partial charge in [-0.1, -0.05) is 0 Å². The van der Waals surface area contributed by atoms with E-state index < -0.39 is 66.9 Å². The first kappa shape index (κ1) is 15.0. The normalized spacial score (nSPS) is 34.1. The van der Waals surface area contributed by atoms with Gasteiger partial charge in [-0.25, -0.2) is 23.1 Å². The zero-order chi connectivity index (χ0) is 27.7. The standard InChI is InChI=1S/C21H23F3N6O2/c22-11-7-15(23)18(16(24)8-11)28-21-27-17-9-25-20(26-12-1-3-14(31)4-2-12)29-19(17)30(21)13-5-6-32-10-13/h7-9,12-14,31H,1-6,10H2,(H,27,28)(H,25,26,29)/i1D2,2D2,12D,14D. The number of aliphatic hydroxyl groups is 1. The summed E-state index contributed by atoms with van der Waals surface area (Å²) in [4.78, 5) is 12.7. The first-order valence-electron chi connectivity index (χ1n) is 12.9. The zero-order valence-electron chi connectivity index (χ0n) is 22.6. The number of halogens is 3. The van der Waals surface area contributed by atoms with E-state index in [9.17, 15) is 18.3 Å². The average Bonchev–Trinajstić information content (AvgIpc) is 3.40. The highest BCUT2D eigenvalue weighted by Crippen LogP contribution is 2.32. The van der Waals surface area contributed by atoms with Crippen molar-refractivity contribution in [2.24, 2.45) is 0 Å². The van der Waals surface area contributed by atoms with Crippen molar-refractivity contribution < 1.29 is 31.2 Å². The van der Waals surface area contributed by atoms with E-state index in [-0.39, 0.29) is 29.7 Å². The van der Waals surface area contributed by atoms with Crippen LogP contribution in [0.25, 0.3) is 11.2 Å². The number of nitrogens with one attached hydrogen (secondary N) is 2. The highest BCUT2D eigenvalue weighted by molar-refractivity contribution is 5.76. The number of hydrogen-bond acceptors (Lipinski definition) is 7. The van der Waals surface area contributed by atoms with Crippen molar-refractivity contribution in [3.05, 3.63) is 35.8 Å². The van der Waals surface area contributed by atoms with Crippen LogP contribution in [0.3, 0.4) is 0 Å². The summed E-state index contributed by atoms with van der Waals surface area (Å²) in [6, 6.07) is -2.07. The fourth-order valence-electron chi connectivity index (χ4n) is 3.59. The van der Waals surface area contributed by atoms with Crippen LogP contribution in [0.5, 0.6) is 0 Å². The van der Waals surface area contributed by atoms with Gasteiger partial charge in [-0.3, -0.25) is 4.57 Å². The number of aromatic nitrogens is 4. The summed E-state index contributed by atoms with van der Waals surface area (Å²) < 4.78 is 98.6. The van der Waals surface area contributed by atoms with Crippen LogP contribution in [0.4, 0.5) is 30.8 Å². The van der Waals surface area contributed by atoms with Gasteiger partial charge in [0.15, 0.2) is 17.3 Å². The maximum Gasteiger partial charge on any atom is 0.224 e. The summed E-state index contributed by atoms with van der Waals surface area (Å²) in [6.45, 7) is 0.586. The number of rotatable bonds is 5. The maximum atomic E-state index is 14.4. The number of nitrogens with zero attached hydrogens (tertiary/aromatic N) is 4. The van der Waals surface area contributed by atoms with Crippen molar-refractivity contribution in [2.75, 3.05) is 23.8 Å². The second-order valence-corrected chi connectivity index (χ2v) is 7.37. The second-order valence-electron chi connectivity index (χ2n) is 7.37. The first-order valence-corrected chi connectivity index (χ1v) is 9.87. The Balaban J connectivity index is 1.58. The summed E-state index contributed by atoms with van der Waals surface area (Å²) in [6.07, 6.45) is -7.83. The van der Waals surface area contributed by atoms with Crippen molar-refractivity contribution >= 4 is 28.7 Å². The van der Waals surface area contributed by atoms with Crippen LogP contribution < -0.4 is 10.6 Å². The van der Waals surface area contributed by atoms with Gasteiger partial charge in [0.25, 0.3) is 0 Å². The molecular weight excluding hydrogens is 425 g/mol. The summed E-state index contributed by atoms with van der Waals surface area (Å²) >= 11 is 0. The molecule has 8 nitrogen and oxygen atoms in total. The van der Waals surface area contributed by atoms with Crippen LogP contribution in [0, 0.1) is 17.5 Å². The van der Waals surface area contributed by atoms with Crippen molar-refractivity contribution in [2.45, 2.75) is 50.1 Å². The lowest BCUT2D eigenvalue weighted by molar-refractivity contribution is 0.126. The molecule has 1 atom stereocenters. The summed E-state index contributed by atoms with van der Waals surface area (Å²) in [7, 11) is 0. The predicted octanol–water partition coefficient (Wildman–Crippen LogP) is 3.66. The SMILES string of the molecule is [2H]C1(O)CC([2H])([2H])C([2H])(Nc2ncc3nc(Nc4c(F)cc(F)cc4F)n(C4CCOC4)c3n2)C([2H])([2H])C1. The Morgan fingerprint density at radius 2 is 1.91 bits per heavy atom. The van der Waals surface area contributed by atoms with E-state index in [1.54, 1.807) is 0 Å². The molecular formula is C21H23F3N6O2. The van der Waals surface area contributed by atoms with Crippen molar-refractivity contribution in [1.82, 2.24) is 19.5 Å². The molecule has 11 heteroatoms. The molecule has 170 valence electrons. The number of hydrogen-bond donors (Lipinski definition) is 3. The van der Waals surface area contributed by atoms with E-state index in [1.807, 2.05) is 0 Å². The van der Waals surface area contributed by atoms with Crippen LogP contribution in [-0.2, 0) is 4.74 Å². The van der Waals surface area contributed by atoms with Crippen molar-refractivity contribution in [3.63, 3.8) is 0 Å². The molecule has 5 rings (SSSR count). The molecule has 0 bridgehead atoms. The van der Waals surface area contributed by atoms with Gasteiger partial charge in [0.05, 0.1) is 27.7 Å². The van der Waals surface area contributed by atoms with Crippen LogP contribution in [0.1, 0.15) is 46.3 Å². The minimum atomic E-state index is -2.71. The number of benzene rings is 1. The summed E-state index contributed by atoms with van der Waals surface area (Å²) in [5, 5.41) is 15.0. The minimum absolute atomic E-state index is 0.0606. The van der Waals surface area contributed by atoms with Gasteiger partial charge in [-0.05, 0) is 32.0 Å². The molecule has 32 heavy (non-hydrogen) atoms. The molecule has 1 aliphatic carbocycles. The average molecular weight is 454 g/mol. The maximum absolute atomic E-state index is 14.4. The van der Waals surface area contributed by atoms with Gasteiger partial charge < -0.3 is 20.5 Å². The predicted molar refractivity (Wildman–Crippen MR) is 111 cm³/mol. The molecule has 0 radical (unpaired) electrons. The molecule has 3 N–H and O–H groups in total. The Hall–Kier alpha value is -2.92. The Labute approximate surface area is 190 Å². The highest BCUT2D eigenvalue weighted by atomic mass is 19.1. The third-order valence-corrected chi connectivity index (χ3v) is 5.12. The van der Waals surface area contributed by atoms with Gasteiger partial charge in [-0.2, -0.15) is 4.98 Å². The largest absolute Gasteiger partial charge is 0.393 e. The number of fused-ring (bicyclic) bond motifs is 1. The van der Waals surface area contributed by atoms with Gasteiger partial charge in [0.2, 0.25) is 11.9 Å². The quantitative estimate of drug-likeness (QED) is 0.541. The molecule has 1 unspecified atom stereocenters. The van der Waals surface area contributed by atoms with Gasteiger partial charge in [0.1, 0.15) is 17.0 Å². The van der Waals surface area contributed by atoms with Gasteiger partial charge in [0, 0.05) is 30.2 Å². The lowest BCUT2D eigenvalue weighted by atomic mass is 9.93. The topological polar surface area (TPSA) is 97.1 Å². The third-order valence-electron chi connectivity index (χ3n) is 5.12. The van der Waals surface area contributed by atoms with Crippen LogP contribution in [0.2, 0.25) is 0 Å². The van der Waals surface area contributed by atoms with Crippen LogP contribution >= 0.6 is 0 Å². The number of ether oxygens (including phenoxy) is 1. The molecule has 1 saturated heterocycles. The second kappa shape index (κ2) is 8.55. The molecule has 2 aromatic heterocycles. The lowest BCUT2D eigenvalue weighted by Gasteiger charge is -2.26. The third kappa shape index (κ3) is 4.09. The molecule has 1 aromatic carbocycles. The molecule has 1 saturated carbocycles. The van der Waals surface area contributed by atoms with Crippen LogP contribution in [0.15, 0.2) is 18.3 Å². The molecule has 2 fully saturated rings. The Bertz CT molecular complexity index is 1360. The fourth-order valence-corrected chi connectivity index (χ4v) is 3.59. The smallest absolute Gasteiger partial charge is 0.224 e. The Kier molecular flexibility index (Phi) is 4.01. The summed E-state index contributed by atoms with van der Waals surface area (Å²) in [5.74, 6) is -3.88. The summed E-state index contributed by atoms with van der Waals surface area (Å²) in [5.41, 5.74) is -0.382. The number of imidazole rings is 1. The van der Waals surface area contributed by atoms with Crippen LogP contribution in [-0.4, -0.2) is 49.9 Å². The first-order chi connectivity index (χ1) is 17.6. The highest BCUT2D eigenvalue weighted by Gasteiger charge is 2.27. The minimum Gasteiger partial charge on any atom is -0.393 e. The zero-order valence-corrected chi connectivity index (χ0v) is 16.6. The van der Waals surface area contributed by atoms with Gasteiger partial charge in [-0.15, -0.1) is 0 Å². The van der Waals surface area contributed by atoms with E-state index in [2.05, 4.69) is 25.6 Å². The Morgan fingerprint density at radius 1 is 1.16 bits per heavy atom. The molecule has 2 aliphatic rings. The number of anilines is 3. The molecule has 0 spiro atoms. The van der Waals surface area contributed by atoms with E-state index in [4.69, 9.17) is 13.0 Å². The molecule has 3 aromatic rings. The monoisotopic (exact) mass is 454 g/mol. The fraction of sp³-hybridized carbons (Fsp3) is 0.476. The van der Waals surface area contributed by atoms with E-state index in [1.165, 1.54) is 10.8 Å². The molecule has 0 amide bonds. The van der Waals surface area contributed by atoms with E-state index in [0.717, 1.165) is 0 Å². The molecule has 1 aliphatic heterocycles. The van der Waals surface area contributed by atoms with Crippen molar-refractivity contribution in [3.8, 4) is 0 Å². The lowest BCUT2D eigenvalue weighted by Crippen LogP contribution is -2.29.